The number of phenols is 1. The Balaban J connectivity index is 2.26. The monoisotopic (exact) mass is 1130 g/mol. The van der Waals surface area contributed by atoms with Crippen LogP contribution in [0.15, 0.2) is 54.6 Å². The molecule has 0 unspecified atom stereocenters. The van der Waals surface area contributed by atoms with E-state index in [0.29, 0.717) is 5.56 Å². The number of nitrogens with two attached hydrogens (primary N) is 2. The lowest BCUT2D eigenvalue weighted by atomic mass is 9.97. The lowest BCUT2D eigenvalue weighted by Crippen LogP contribution is -2.63. The summed E-state index contributed by atoms with van der Waals surface area (Å²) >= 11 is 0. The number of aliphatic hydroxyl groups is 3. The van der Waals surface area contributed by atoms with Gasteiger partial charge in [-0.15, -0.1) is 0 Å². The lowest BCUT2D eigenvalue weighted by molar-refractivity contribution is -0.143. The maximum Gasteiger partial charge on any atom is 0.326 e. The third-order valence-corrected chi connectivity index (χ3v) is 12.1. The van der Waals surface area contributed by atoms with Crippen LogP contribution in [-0.2, 0) is 70.4 Å². The van der Waals surface area contributed by atoms with Crippen LogP contribution in [-0.4, -0.2) is 182 Å². The molecule has 29 heteroatoms. The van der Waals surface area contributed by atoms with Crippen LogP contribution in [0.2, 0.25) is 0 Å². The molecule has 0 saturated carbocycles. The molecule has 80 heavy (non-hydrogen) atoms. The van der Waals surface area contributed by atoms with E-state index >= 15 is 0 Å². The highest BCUT2D eigenvalue weighted by atomic mass is 16.4. The Morgan fingerprint density at radius 1 is 0.438 bits per heavy atom. The Bertz CT molecular complexity index is 2480. The van der Waals surface area contributed by atoms with Gasteiger partial charge in [-0.3, -0.25) is 52.7 Å². The van der Waals surface area contributed by atoms with Gasteiger partial charge in [0.15, 0.2) is 0 Å². The number of carboxylic acids is 2. The lowest BCUT2D eigenvalue weighted by Gasteiger charge is -2.30. The fourth-order valence-corrected chi connectivity index (χ4v) is 7.50. The van der Waals surface area contributed by atoms with Gasteiger partial charge < -0.3 is 90.0 Å². The molecule has 2 aromatic rings. The summed E-state index contributed by atoms with van der Waals surface area (Å²) in [4.78, 5) is 157. The number of aliphatic carboxylic acids is 2. The van der Waals surface area contributed by atoms with Gasteiger partial charge in [0.2, 0.25) is 59.1 Å². The highest BCUT2D eigenvalue weighted by Gasteiger charge is 2.37. The molecule has 0 radical (unpaired) electrons. The van der Waals surface area contributed by atoms with Crippen molar-refractivity contribution in [2.75, 3.05) is 19.8 Å². The smallest absolute Gasteiger partial charge is 0.326 e. The molecular weight excluding hydrogens is 1050 g/mol. The summed E-state index contributed by atoms with van der Waals surface area (Å²) in [5.41, 5.74) is 11.8. The second kappa shape index (κ2) is 33.2. The minimum Gasteiger partial charge on any atom is -0.508 e. The summed E-state index contributed by atoms with van der Waals surface area (Å²) in [6, 6.07) is -2.45. The van der Waals surface area contributed by atoms with Crippen LogP contribution < -0.4 is 59.3 Å². The van der Waals surface area contributed by atoms with Crippen molar-refractivity contribution in [2.24, 2.45) is 29.2 Å². The van der Waals surface area contributed by atoms with Crippen molar-refractivity contribution < 1.29 is 88.2 Å². The molecule has 0 aliphatic rings. The van der Waals surface area contributed by atoms with Crippen molar-refractivity contribution in [2.45, 2.75) is 134 Å². The first kappa shape index (κ1) is 67.8. The molecule has 0 spiro atoms. The first-order chi connectivity index (χ1) is 37.5. The fraction of sp³-hybridized carbons (Fsp3) is 0.529. The van der Waals surface area contributed by atoms with Crippen LogP contribution in [0.5, 0.6) is 5.75 Å². The number of carbonyl (C=O) groups is 12. The third-order valence-electron chi connectivity index (χ3n) is 12.1. The largest absolute Gasteiger partial charge is 0.508 e. The summed E-state index contributed by atoms with van der Waals surface area (Å²) in [7, 11) is 0. The minimum atomic E-state index is -2.06. The number of amides is 10. The topological polar surface area (TPSA) is 487 Å². The van der Waals surface area contributed by atoms with E-state index in [2.05, 4.69) is 42.5 Å². The molecule has 2 rings (SSSR count). The number of rotatable bonds is 34. The zero-order valence-electron chi connectivity index (χ0n) is 45.1. The van der Waals surface area contributed by atoms with Crippen molar-refractivity contribution in [3.8, 4) is 5.75 Å². The van der Waals surface area contributed by atoms with Crippen molar-refractivity contribution in [1.29, 1.82) is 0 Å². The number of hydrogen-bond donors (Lipinski definition) is 17. The van der Waals surface area contributed by atoms with E-state index in [1.165, 1.54) is 38.1 Å². The Kier molecular flexibility index (Phi) is 28.2. The van der Waals surface area contributed by atoms with Gasteiger partial charge in [0, 0.05) is 19.3 Å². The summed E-state index contributed by atoms with van der Waals surface area (Å²) in [5, 5.41) is 80.4. The van der Waals surface area contributed by atoms with Gasteiger partial charge in [-0.2, -0.15) is 0 Å². The number of nitrogens with one attached hydrogen (secondary N) is 9. The highest BCUT2D eigenvalue weighted by molar-refractivity contribution is 5.99. The number of carboxylic acid groups (broad SMARTS) is 2. The third kappa shape index (κ3) is 22.6. The zero-order chi connectivity index (χ0) is 60.6. The first-order valence-corrected chi connectivity index (χ1v) is 25.4. The van der Waals surface area contributed by atoms with E-state index in [0.717, 1.165) is 0 Å². The number of aromatic hydroxyl groups is 1. The van der Waals surface area contributed by atoms with Crippen LogP contribution >= 0.6 is 0 Å². The van der Waals surface area contributed by atoms with Crippen molar-refractivity contribution in [1.82, 2.24) is 47.9 Å². The van der Waals surface area contributed by atoms with Gasteiger partial charge in [0.1, 0.15) is 60.1 Å². The Hall–Kier alpha value is -8.28. The average molecular weight is 1130 g/mol. The summed E-state index contributed by atoms with van der Waals surface area (Å²) in [5.74, 6) is -15.7. The average Bonchev–Trinajstić information content (AvgIpc) is 3.39. The molecule has 0 bridgehead atoms. The summed E-state index contributed by atoms with van der Waals surface area (Å²) < 4.78 is 0. The Morgan fingerprint density at radius 3 is 1.19 bits per heavy atom. The number of hydrogen-bond acceptors (Lipinski definition) is 17. The van der Waals surface area contributed by atoms with Gasteiger partial charge in [-0.1, -0.05) is 84.0 Å². The first-order valence-electron chi connectivity index (χ1n) is 25.4. The van der Waals surface area contributed by atoms with Crippen LogP contribution in [0.4, 0.5) is 0 Å². The van der Waals surface area contributed by atoms with E-state index in [4.69, 9.17) is 11.5 Å². The van der Waals surface area contributed by atoms with Crippen molar-refractivity contribution >= 4 is 71.0 Å². The van der Waals surface area contributed by atoms with Crippen LogP contribution in [0.25, 0.3) is 0 Å². The summed E-state index contributed by atoms with van der Waals surface area (Å²) in [6.45, 7) is 6.03. The molecule has 442 valence electrons. The molecule has 19 N–H and O–H groups in total. The van der Waals surface area contributed by atoms with E-state index in [9.17, 15) is 88.2 Å². The van der Waals surface area contributed by atoms with Gasteiger partial charge in [0.05, 0.1) is 32.3 Å². The van der Waals surface area contributed by atoms with Gasteiger partial charge in [-0.05, 0) is 47.4 Å². The number of phenolic OH excluding ortho intramolecular Hbond substituents is 1. The minimum absolute atomic E-state index is 0.0532. The van der Waals surface area contributed by atoms with Crippen molar-refractivity contribution in [3.05, 3.63) is 65.7 Å². The van der Waals surface area contributed by atoms with E-state index in [-0.39, 0.29) is 30.6 Å². The molecule has 29 nitrogen and oxygen atoms in total. The normalized spacial score (nSPS) is 14.9. The molecule has 10 amide bonds. The fourth-order valence-electron chi connectivity index (χ4n) is 7.50. The highest BCUT2D eigenvalue weighted by Crippen LogP contribution is 2.14. The van der Waals surface area contributed by atoms with Crippen LogP contribution in [0.3, 0.4) is 0 Å². The molecule has 0 aromatic heterocycles. The molecule has 0 fully saturated rings. The number of carbonyl (C=O) groups excluding carboxylic acids is 10. The SMILES string of the molecule is CC(C)[C@H](NC(=O)[C@H](CO)NC(=O)[C@H](CO)NC(=O)[C@H](CC(=O)O)NC(=O)[C@H](Cc1ccc(O)cc1)NC(=O)[C@H](CO)NC(=O)[C@@H](N)CCC(N)=O)C(=O)N[C@H](C(=O)N[C@H](C(=O)N[C@@H](Cc1ccccc1)C(=O)O)C(C)C)C(C)C. The van der Waals surface area contributed by atoms with E-state index in [1.54, 1.807) is 58.0 Å². The molecule has 0 aliphatic heterocycles. The second-order valence-corrected chi connectivity index (χ2v) is 19.7. The van der Waals surface area contributed by atoms with Crippen LogP contribution in [0.1, 0.15) is 71.9 Å². The van der Waals surface area contributed by atoms with Crippen molar-refractivity contribution in [3.63, 3.8) is 0 Å². The van der Waals surface area contributed by atoms with E-state index in [1.807, 2.05) is 5.32 Å². The molecule has 2 aromatic carbocycles. The molecule has 0 aliphatic carbocycles. The standard InChI is InChI=1S/C51H75N11O18/c1-24(2)39(48(76)56-33(51(79)80)19-27-10-8-7-9-11-27)61-50(78)41(26(5)6)62-49(77)40(25(3)4)60-47(75)36(23-65)59-46(74)35(22-64)58-44(72)32(20-38(68)69)55-43(71)31(18-28-12-14-29(66)15-13-28)54-45(73)34(21-63)57-42(70)30(52)16-17-37(53)67/h7-15,24-26,30-36,39-41,63-66H,16-23,52H2,1-6H3,(H2,53,67)(H,54,73)(H,55,71)(H,56,76)(H,57,70)(H,58,72)(H,59,74)(H,60,75)(H,61,78)(H,62,77)(H,68,69)(H,79,80)/t30-,31-,32-,33-,34-,35-,36-,39-,40-,41-/m0/s1. The summed E-state index contributed by atoms with van der Waals surface area (Å²) in [6.07, 6.45) is -2.13. The molecule has 10 atom stereocenters. The quantitative estimate of drug-likeness (QED) is 0.0311. The maximum atomic E-state index is 13.8. The predicted molar refractivity (Wildman–Crippen MR) is 281 cm³/mol. The molecule has 0 heterocycles. The van der Waals surface area contributed by atoms with Gasteiger partial charge in [0.25, 0.3) is 0 Å². The molecular formula is C51H75N11O18. The Labute approximate surface area is 460 Å². The number of primary amides is 1. The maximum absolute atomic E-state index is 13.8. The van der Waals surface area contributed by atoms with Gasteiger partial charge >= 0.3 is 11.9 Å². The zero-order valence-corrected chi connectivity index (χ0v) is 45.1. The van der Waals surface area contributed by atoms with Crippen LogP contribution in [0, 0.1) is 17.8 Å². The second-order valence-electron chi connectivity index (χ2n) is 19.7. The molecule has 0 saturated heterocycles. The Morgan fingerprint density at radius 2 is 0.775 bits per heavy atom. The number of aliphatic hydroxyl groups excluding tert-OH is 3. The predicted octanol–water partition coefficient (Wildman–Crippen LogP) is -5.36. The van der Waals surface area contributed by atoms with E-state index < -0.39 is 182 Å². The van der Waals surface area contributed by atoms with Gasteiger partial charge in [-0.25, -0.2) is 4.79 Å². The number of benzene rings is 2.